The van der Waals surface area contributed by atoms with E-state index in [4.69, 9.17) is 4.74 Å². The van der Waals surface area contributed by atoms with Crippen molar-refractivity contribution in [1.29, 1.82) is 0 Å². The van der Waals surface area contributed by atoms with Gasteiger partial charge in [0.15, 0.2) is 5.76 Å². The number of unbranched alkanes of at least 4 members (excludes halogenated alkanes) is 1. The topological polar surface area (TPSA) is 83.0 Å². The van der Waals surface area contributed by atoms with E-state index in [-0.39, 0.29) is 11.4 Å². The molecule has 1 aliphatic heterocycles. The first-order valence-electron chi connectivity index (χ1n) is 12.0. The zero-order valence-corrected chi connectivity index (χ0v) is 21.6. The minimum Gasteiger partial charge on any atom is -0.503 e. The van der Waals surface area contributed by atoms with Crippen molar-refractivity contribution >= 4 is 23.0 Å². The van der Waals surface area contributed by atoms with Gasteiger partial charge in [-0.3, -0.25) is 9.59 Å². The largest absolute Gasteiger partial charge is 0.503 e. The Morgan fingerprint density at radius 2 is 1.97 bits per heavy atom. The van der Waals surface area contributed by atoms with Crippen molar-refractivity contribution in [2.45, 2.75) is 53.5 Å². The van der Waals surface area contributed by atoms with Crippen LogP contribution in [-0.2, 0) is 4.79 Å². The smallest absolute Gasteiger partial charge is 0.290 e. The molecule has 0 saturated carbocycles. The fourth-order valence-corrected chi connectivity index (χ4v) is 5.10. The number of aromatic nitrogens is 1. The second-order valence-electron chi connectivity index (χ2n) is 8.44. The maximum Gasteiger partial charge on any atom is 0.290 e. The molecule has 7 nitrogen and oxygen atoms in total. The van der Waals surface area contributed by atoms with E-state index in [1.54, 1.807) is 11.8 Å². The summed E-state index contributed by atoms with van der Waals surface area (Å²) in [6, 6.07) is 6.80. The first-order valence-corrected chi connectivity index (χ1v) is 12.8. The predicted octanol–water partition coefficient (Wildman–Crippen LogP) is 4.86. The lowest BCUT2D eigenvalue weighted by molar-refractivity contribution is -0.129. The lowest BCUT2D eigenvalue weighted by atomic mass is 9.95. The van der Waals surface area contributed by atoms with Gasteiger partial charge in [-0.25, -0.2) is 4.98 Å². The Morgan fingerprint density at radius 3 is 2.59 bits per heavy atom. The van der Waals surface area contributed by atoms with Crippen molar-refractivity contribution in [2.75, 3.05) is 32.8 Å². The van der Waals surface area contributed by atoms with Crippen LogP contribution in [0.25, 0.3) is 0 Å². The van der Waals surface area contributed by atoms with Gasteiger partial charge in [0.05, 0.1) is 33.8 Å². The van der Waals surface area contributed by atoms with E-state index in [9.17, 15) is 14.7 Å². The Morgan fingerprint density at radius 1 is 1.24 bits per heavy atom. The molecular formula is C26H35N3O4S. The van der Waals surface area contributed by atoms with Gasteiger partial charge in [-0.1, -0.05) is 39.3 Å². The maximum absolute atomic E-state index is 13.6. The average molecular weight is 486 g/mol. The monoisotopic (exact) mass is 485 g/mol. The summed E-state index contributed by atoms with van der Waals surface area (Å²) in [6.07, 6.45) is 1.97. The van der Waals surface area contributed by atoms with Crippen LogP contribution in [0.5, 0.6) is 5.75 Å². The zero-order valence-electron chi connectivity index (χ0n) is 20.8. The quantitative estimate of drug-likeness (QED) is 0.342. The summed E-state index contributed by atoms with van der Waals surface area (Å²) in [5.74, 6) is -0.652. The van der Waals surface area contributed by atoms with Gasteiger partial charge < -0.3 is 19.6 Å². The predicted molar refractivity (Wildman–Crippen MR) is 135 cm³/mol. The highest BCUT2D eigenvalue weighted by molar-refractivity contribution is 7.14. The van der Waals surface area contributed by atoms with E-state index < -0.39 is 17.7 Å². The lowest BCUT2D eigenvalue weighted by Crippen LogP contribution is -2.38. The van der Waals surface area contributed by atoms with Crippen LogP contribution in [0.15, 0.2) is 35.6 Å². The Bertz CT molecular complexity index is 1060. The van der Waals surface area contributed by atoms with Crippen molar-refractivity contribution in [2.24, 2.45) is 0 Å². The number of rotatable bonds is 12. The Labute approximate surface area is 206 Å². The summed E-state index contributed by atoms with van der Waals surface area (Å²) in [4.78, 5) is 35.5. The number of aliphatic hydroxyl groups is 1. The van der Waals surface area contributed by atoms with Gasteiger partial charge in [-0.2, -0.15) is 0 Å². The standard InChI is InChI=1S/C26H35N3O4S/c1-6-9-15-33-20-12-10-11-19(16-20)22-21(23(30)25-17(4)27-18(5)34-25)24(31)26(32)29(22)14-13-28(7-2)8-3/h10-12,16,22,31H,6-9,13-15H2,1-5H3. The molecular weight excluding hydrogens is 450 g/mol. The molecule has 2 heterocycles. The number of nitrogens with zero attached hydrogens (tertiary/aromatic N) is 3. The lowest BCUT2D eigenvalue weighted by Gasteiger charge is -2.29. The number of ether oxygens (including phenoxy) is 1. The van der Waals surface area contributed by atoms with E-state index in [1.165, 1.54) is 11.3 Å². The van der Waals surface area contributed by atoms with Crippen LogP contribution in [-0.4, -0.2) is 64.4 Å². The molecule has 0 radical (unpaired) electrons. The number of carbonyl (C=O) groups is 2. The number of amides is 1. The average Bonchev–Trinajstić information content (AvgIpc) is 3.29. The van der Waals surface area contributed by atoms with E-state index in [1.807, 2.05) is 31.2 Å². The van der Waals surface area contributed by atoms with Crippen LogP contribution in [0.2, 0.25) is 0 Å². The Balaban J connectivity index is 2.02. The van der Waals surface area contributed by atoms with Crippen LogP contribution in [0.1, 0.15) is 65.6 Å². The number of thiazole rings is 1. The minimum absolute atomic E-state index is 0.113. The summed E-state index contributed by atoms with van der Waals surface area (Å²) in [6.45, 7) is 13.2. The molecule has 3 rings (SSSR count). The van der Waals surface area contributed by atoms with Crippen molar-refractivity contribution in [1.82, 2.24) is 14.8 Å². The molecule has 1 N–H and O–H groups in total. The summed E-state index contributed by atoms with van der Waals surface area (Å²) in [5.41, 5.74) is 1.47. The molecule has 1 aliphatic rings. The number of aryl methyl sites for hydroxylation is 2. The highest BCUT2D eigenvalue weighted by Crippen LogP contribution is 2.40. The number of aliphatic hydroxyl groups excluding tert-OH is 1. The number of benzene rings is 1. The third-order valence-corrected chi connectivity index (χ3v) is 7.22. The molecule has 1 amide bonds. The molecule has 0 bridgehead atoms. The number of ketones is 1. The Hall–Kier alpha value is -2.71. The molecule has 8 heteroatoms. The third-order valence-electron chi connectivity index (χ3n) is 6.15. The molecule has 0 fully saturated rings. The summed E-state index contributed by atoms with van der Waals surface area (Å²) in [7, 11) is 0. The van der Waals surface area contributed by atoms with Crippen LogP contribution in [0.3, 0.4) is 0 Å². The van der Waals surface area contributed by atoms with E-state index in [0.29, 0.717) is 36.0 Å². The van der Waals surface area contributed by atoms with E-state index in [0.717, 1.165) is 36.5 Å². The van der Waals surface area contributed by atoms with Gasteiger partial charge in [0, 0.05) is 13.1 Å². The molecule has 0 spiro atoms. The molecule has 0 aliphatic carbocycles. The second kappa shape index (κ2) is 11.6. The van der Waals surface area contributed by atoms with E-state index in [2.05, 4.69) is 30.7 Å². The molecule has 184 valence electrons. The van der Waals surface area contributed by atoms with Crippen LogP contribution >= 0.6 is 11.3 Å². The van der Waals surface area contributed by atoms with Gasteiger partial charge in [0.1, 0.15) is 5.75 Å². The summed E-state index contributed by atoms with van der Waals surface area (Å²) in [5, 5.41) is 11.7. The number of hydrogen-bond donors (Lipinski definition) is 1. The summed E-state index contributed by atoms with van der Waals surface area (Å²) < 4.78 is 5.89. The van der Waals surface area contributed by atoms with Crippen LogP contribution in [0.4, 0.5) is 0 Å². The molecule has 0 saturated heterocycles. The number of carbonyl (C=O) groups excluding carboxylic acids is 2. The number of likely N-dealkylation sites (N-methyl/N-ethyl adjacent to an activating group) is 1. The van der Waals surface area contributed by atoms with Gasteiger partial charge in [0.2, 0.25) is 5.78 Å². The number of Topliss-reactive ketones (excluding diaryl/α,β-unsaturated/α-hetero) is 1. The highest BCUT2D eigenvalue weighted by atomic mass is 32.1. The molecule has 1 unspecified atom stereocenters. The first-order chi connectivity index (χ1) is 16.3. The number of hydrogen-bond acceptors (Lipinski definition) is 7. The molecule has 34 heavy (non-hydrogen) atoms. The molecule has 1 atom stereocenters. The first kappa shape index (κ1) is 25.9. The summed E-state index contributed by atoms with van der Waals surface area (Å²) >= 11 is 1.28. The third kappa shape index (κ3) is 5.50. The van der Waals surface area contributed by atoms with Crippen LogP contribution < -0.4 is 4.74 Å². The van der Waals surface area contributed by atoms with Gasteiger partial charge in [0.25, 0.3) is 5.91 Å². The SMILES string of the molecule is CCCCOc1cccc(C2C(C(=O)c3sc(C)nc3C)=C(O)C(=O)N2CCN(CC)CC)c1. The second-order valence-corrected chi connectivity index (χ2v) is 9.64. The fourth-order valence-electron chi connectivity index (χ4n) is 4.22. The molecule has 1 aromatic carbocycles. The van der Waals surface area contributed by atoms with Gasteiger partial charge in [-0.05, 0) is 51.1 Å². The normalized spacial score (nSPS) is 16.1. The van der Waals surface area contributed by atoms with Gasteiger partial charge in [-0.15, -0.1) is 11.3 Å². The Kier molecular flexibility index (Phi) is 8.85. The van der Waals surface area contributed by atoms with Gasteiger partial charge >= 0.3 is 0 Å². The van der Waals surface area contributed by atoms with Crippen LogP contribution in [0, 0.1) is 13.8 Å². The van der Waals surface area contributed by atoms with Crippen molar-refractivity contribution in [3.8, 4) is 5.75 Å². The molecule has 1 aromatic heterocycles. The minimum atomic E-state index is -0.688. The zero-order chi connectivity index (χ0) is 24.8. The van der Waals surface area contributed by atoms with Crippen molar-refractivity contribution < 1.29 is 19.4 Å². The molecule has 2 aromatic rings. The van der Waals surface area contributed by atoms with E-state index >= 15 is 0 Å². The van der Waals surface area contributed by atoms with Crippen molar-refractivity contribution in [3.63, 3.8) is 0 Å². The highest BCUT2D eigenvalue weighted by Gasteiger charge is 2.44. The van der Waals surface area contributed by atoms with Crippen molar-refractivity contribution in [3.05, 3.63) is 56.7 Å². The fraction of sp³-hybridized carbons (Fsp3) is 0.500. The maximum atomic E-state index is 13.6.